The Morgan fingerprint density at radius 3 is 2.67 bits per heavy atom. The lowest BCUT2D eigenvalue weighted by molar-refractivity contribution is 0.301. The van der Waals surface area contributed by atoms with E-state index in [1.54, 1.807) is 11.3 Å². The second kappa shape index (κ2) is 5.44. The van der Waals surface area contributed by atoms with Crippen LogP contribution in [0.15, 0.2) is 6.07 Å². The van der Waals surface area contributed by atoms with Crippen LogP contribution in [0.5, 0.6) is 0 Å². The molecule has 3 rings (SSSR count). The summed E-state index contributed by atoms with van der Waals surface area (Å²) >= 11 is 1.74. The second-order valence-electron chi connectivity index (χ2n) is 6.07. The Bertz CT molecular complexity index is 645. The number of nitrogens with zero attached hydrogens (tertiary/aromatic N) is 3. The Labute approximate surface area is 130 Å². The SMILES string of the molecule is CCc1cc2c(N3CCC(CC)(CC)C3)nc(N)nc2s1. The monoisotopic (exact) mass is 304 g/mol. The zero-order valence-corrected chi connectivity index (χ0v) is 14.0. The molecule has 0 aromatic carbocycles. The highest BCUT2D eigenvalue weighted by molar-refractivity contribution is 7.18. The van der Waals surface area contributed by atoms with Gasteiger partial charge in [-0.15, -0.1) is 11.3 Å². The molecule has 0 saturated carbocycles. The molecule has 1 aliphatic heterocycles. The molecule has 0 spiro atoms. The molecule has 0 unspecified atom stereocenters. The summed E-state index contributed by atoms with van der Waals surface area (Å²) in [4.78, 5) is 13.8. The van der Waals surface area contributed by atoms with Crippen molar-refractivity contribution in [3.05, 3.63) is 10.9 Å². The fraction of sp³-hybridized carbons (Fsp3) is 0.625. The Morgan fingerprint density at radius 2 is 2.05 bits per heavy atom. The number of hydrogen-bond donors (Lipinski definition) is 1. The summed E-state index contributed by atoms with van der Waals surface area (Å²) in [6.45, 7) is 8.94. The van der Waals surface area contributed by atoms with Gasteiger partial charge in [0.05, 0.1) is 5.39 Å². The van der Waals surface area contributed by atoms with Crippen LogP contribution in [0.3, 0.4) is 0 Å². The fourth-order valence-electron chi connectivity index (χ4n) is 3.33. The van der Waals surface area contributed by atoms with Gasteiger partial charge in [-0.1, -0.05) is 20.8 Å². The van der Waals surface area contributed by atoms with Gasteiger partial charge in [-0.25, -0.2) is 4.98 Å². The number of nitrogen functional groups attached to an aromatic ring is 1. The van der Waals surface area contributed by atoms with E-state index < -0.39 is 0 Å². The fourth-order valence-corrected chi connectivity index (χ4v) is 4.30. The number of nitrogens with two attached hydrogens (primary N) is 1. The molecule has 5 heteroatoms. The van der Waals surface area contributed by atoms with Crippen LogP contribution in [0.4, 0.5) is 11.8 Å². The lowest BCUT2D eigenvalue weighted by Crippen LogP contribution is -2.27. The van der Waals surface area contributed by atoms with Gasteiger partial charge in [-0.05, 0) is 37.2 Å². The van der Waals surface area contributed by atoms with Gasteiger partial charge >= 0.3 is 0 Å². The predicted molar refractivity (Wildman–Crippen MR) is 91.1 cm³/mol. The van der Waals surface area contributed by atoms with E-state index in [1.807, 2.05) is 0 Å². The smallest absolute Gasteiger partial charge is 0.223 e. The van der Waals surface area contributed by atoms with Gasteiger partial charge in [0.1, 0.15) is 10.6 Å². The van der Waals surface area contributed by atoms with Crippen LogP contribution in [0, 0.1) is 5.41 Å². The van der Waals surface area contributed by atoms with E-state index in [1.165, 1.54) is 29.5 Å². The van der Waals surface area contributed by atoms with E-state index in [-0.39, 0.29) is 0 Å². The lowest BCUT2D eigenvalue weighted by Gasteiger charge is -2.27. The van der Waals surface area contributed by atoms with Gasteiger partial charge in [0.15, 0.2) is 0 Å². The van der Waals surface area contributed by atoms with Crippen LogP contribution in [-0.4, -0.2) is 23.1 Å². The van der Waals surface area contributed by atoms with Crippen LogP contribution in [0.25, 0.3) is 10.2 Å². The summed E-state index contributed by atoms with van der Waals surface area (Å²) in [5.74, 6) is 1.43. The molecule has 0 aliphatic carbocycles. The molecule has 1 aliphatic rings. The molecule has 2 aromatic heterocycles. The highest BCUT2D eigenvalue weighted by Crippen LogP contribution is 2.41. The third-order valence-corrected chi connectivity index (χ3v) is 6.20. The number of aromatic nitrogens is 2. The van der Waals surface area contributed by atoms with Crippen molar-refractivity contribution < 1.29 is 0 Å². The Morgan fingerprint density at radius 1 is 1.29 bits per heavy atom. The first-order chi connectivity index (χ1) is 10.1. The van der Waals surface area contributed by atoms with E-state index in [0.29, 0.717) is 11.4 Å². The summed E-state index contributed by atoms with van der Waals surface area (Å²) in [7, 11) is 0. The van der Waals surface area contributed by atoms with Crippen molar-refractivity contribution in [2.75, 3.05) is 23.7 Å². The van der Waals surface area contributed by atoms with Crippen LogP contribution < -0.4 is 10.6 Å². The number of hydrogen-bond acceptors (Lipinski definition) is 5. The summed E-state index contributed by atoms with van der Waals surface area (Å²) in [5.41, 5.74) is 6.37. The third-order valence-electron chi connectivity index (χ3n) is 5.03. The first-order valence-electron chi connectivity index (χ1n) is 7.91. The summed E-state index contributed by atoms with van der Waals surface area (Å²) in [6, 6.07) is 2.24. The Hall–Kier alpha value is -1.36. The molecule has 114 valence electrons. The van der Waals surface area contributed by atoms with Crippen molar-refractivity contribution in [3.63, 3.8) is 0 Å². The number of anilines is 2. The first-order valence-corrected chi connectivity index (χ1v) is 8.73. The topological polar surface area (TPSA) is 55.0 Å². The third kappa shape index (κ3) is 2.48. The molecule has 21 heavy (non-hydrogen) atoms. The molecular formula is C16H24N4S. The van der Waals surface area contributed by atoms with E-state index in [4.69, 9.17) is 5.73 Å². The minimum absolute atomic E-state index is 0.396. The molecular weight excluding hydrogens is 280 g/mol. The standard InChI is InChI=1S/C16H24N4S/c1-4-11-9-12-13(18-15(17)19-14(12)21-11)20-8-7-16(5-2,6-3)10-20/h9H,4-8,10H2,1-3H3,(H2,17,18,19). The largest absolute Gasteiger partial charge is 0.368 e. The molecule has 0 radical (unpaired) electrons. The van der Waals surface area contributed by atoms with Crippen molar-refractivity contribution in [1.29, 1.82) is 0 Å². The average molecular weight is 304 g/mol. The summed E-state index contributed by atoms with van der Waals surface area (Å²) in [6.07, 6.45) is 4.74. The van der Waals surface area contributed by atoms with Gasteiger partial charge in [-0.2, -0.15) is 4.98 Å². The molecule has 2 N–H and O–H groups in total. The zero-order valence-electron chi connectivity index (χ0n) is 13.1. The zero-order chi connectivity index (χ0) is 15.0. The Kier molecular flexibility index (Phi) is 3.78. The highest BCUT2D eigenvalue weighted by atomic mass is 32.1. The molecule has 0 amide bonds. The maximum Gasteiger partial charge on any atom is 0.223 e. The molecule has 0 atom stereocenters. The van der Waals surface area contributed by atoms with E-state index in [9.17, 15) is 0 Å². The molecule has 1 saturated heterocycles. The number of rotatable bonds is 4. The van der Waals surface area contributed by atoms with Gasteiger partial charge in [0.25, 0.3) is 0 Å². The van der Waals surface area contributed by atoms with Crippen LogP contribution in [0.1, 0.15) is 44.9 Å². The summed E-state index contributed by atoms with van der Waals surface area (Å²) in [5, 5.41) is 1.18. The molecule has 2 aromatic rings. The molecule has 1 fully saturated rings. The van der Waals surface area contributed by atoms with Crippen LogP contribution in [-0.2, 0) is 6.42 Å². The normalized spacial score (nSPS) is 17.8. The Balaban J connectivity index is 2.02. The average Bonchev–Trinajstić information content (AvgIpc) is 3.10. The maximum absolute atomic E-state index is 5.93. The van der Waals surface area contributed by atoms with Crippen molar-refractivity contribution >= 4 is 33.3 Å². The predicted octanol–water partition coefficient (Wildman–Crippen LogP) is 3.85. The maximum atomic E-state index is 5.93. The van der Waals surface area contributed by atoms with E-state index in [2.05, 4.69) is 41.7 Å². The molecule has 0 bridgehead atoms. The second-order valence-corrected chi connectivity index (χ2v) is 7.18. The van der Waals surface area contributed by atoms with Gasteiger partial charge < -0.3 is 10.6 Å². The van der Waals surface area contributed by atoms with E-state index >= 15 is 0 Å². The minimum Gasteiger partial charge on any atom is -0.368 e. The highest BCUT2D eigenvalue weighted by Gasteiger charge is 2.36. The van der Waals surface area contributed by atoms with Crippen LogP contribution in [0.2, 0.25) is 0 Å². The van der Waals surface area contributed by atoms with Gasteiger partial charge in [0.2, 0.25) is 5.95 Å². The first kappa shape index (κ1) is 14.6. The number of fused-ring (bicyclic) bond motifs is 1. The van der Waals surface area contributed by atoms with Crippen molar-refractivity contribution in [2.45, 2.75) is 46.5 Å². The number of aryl methyl sites for hydroxylation is 1. The van der Waals surface area contributed by atoms with Gasteiger partial charge in [-0.3, -0.25) is 0 Å². The lowest BCUT2D eigenvalue weighted by atomic mass is 9.82. The molecule has 3 heterocycles. The van der Waals surface area contributed by atoms with Crippen LogP contribution >= 0.6 is 11.3 Å². The van der Waals surface area contributed by atoms with Gasteiger partial charge in [0, 0.05) is 18.0 Å². The molecule has 4 nitrogen and oxygen atoms in total. The quantitative estimate of drug-likeness (QED) is 0.932. The summed E-state index contributed by atoms with van der Waals surface area (Å²) < 4.78 is 0. The minimum atomic E-state index is 0.396. The number of thiophene rings is 1. The van der Waals surface area contributed by atoms with Crippen molar-refractivity contribution in [1.82, 2.24) is 9.97 Å². The van der Waals surface area contributed by atoms with Crippen molar-refractivity contribution in [3.8, 4) is 0 Å². The van der Waals surface area contributed by atoms with Crippen molar-refractivity contribution in [2.24, 2.45) is 5.41 Å². The van der Waals surface area contributed by atoms with E-state index in [0.717, 1.165) is 30.2 Å².